The summed E-state index contributed by atoms with van der Waals surface area (Å²) in [6, 6.07) is 7.60. The molecular formula is C11H8F5NS. The molecule has 0 radical (unpaired) electrons. The third-order valence-electron chi connectivity index (χ3n) is 2.26. The van der Waals surface area contributed by atoms with Crippen LogP contribution in [0.1, 0.15) is 0 Å². The van der Waals surface area contributed by atoms with Crippen molar-refractivity contribution >= 4 is 10.2 Å². The van der Waals surface area contributed by atoms with E-state index >= 15 is 0 Å². The van der Waals surface area contributed by atoms with Crippen molar-refractivity contribution in [3.8, 4) is 11.3 Å². The van der Waals surface area contributed by atoms with Crippen LogP contribution in [-0.2, 0) is 0 Å². The summed E-state index contributed by atoms with van der Waals surface area (Å²) < 4.78 is 62.3. The first-order chi connectivity index (χ1) is 8.06. The van der Waals surface area contributed by atoms with Crippen LogP contribution in [0.15, 0.2) is 53.6 Å². The Labute approximate surface area is 100 Å². The van der Waals surface area contributed by atoms with Gasteiger partial charge in [-0.2, -0.15) is 0 Å². The van der Waals surface area contributed by atoms with Crippen molar-refractivity contribution in [1.82, 2.24) is 4.98 Å². The monoisotopic (exact) mass is 281 g/mol. The first kappa shape index (κ1) is 12.8. The number of hydrogen-bond acceptors (Lipinski definition) is 1. The van der Waals surface area contributed by atoms with Crippen molar-refractivity contribution in [2.45, 2.75) is 4.90 Å². The van der Waals surface area contributed by atoms with Crippen molar-refractivity contribution in [3.63, 3.8) is 0 Å². The van der Waals surface area contributed by atoms with Crippen molar-refractivity contribution in [2.24, 2.45) is 0 Å². The highest BCUT2D eigenvalue weighted by molar-refractivity contribution is 8.45. The lowest BCUT2D eigenvalue weighted by Crippen LogP contribution is -2.05. The van der Waals surface area contributed by atoms with Gasteiger partial charge in [0.25, 0.3) is 0 Å². The highest BCUT2D eigenvalue weighted by Gasteiger charge is 2.65. The SMILES string of the molecule is FS(F)(F)(F)(F)c1ccc(-c2ccccn2)cc1. The number of benzene rings is 1. The van der Waals surface area contributed by atoms with E-state index in [1.807, 2.05) is 0 Å². The Kier molecular flexibility index (Phi) is 2.30. The van der Waals surface area contributed by atoms with Crippen molar-refractivity contribution < 1.29 is 19.4 Å². The molecule has 98 valence electrons. The van der Waals surface area contributed by atoms with Crippen LogP contribution in [-0.4, -0.2) is 4.98 Å². The highest BCUT2D eigenvalue weighted by atomic mass is 32.5. The van der Waals surface area contributed by atoms with Gasteiger partial charge in [0.1, 0.15) is 4.90 Å². The predicted octanol–water partition coefficient (Wildman–Crippen LogP) is 5.41. The van der Waals surface area contributed by atoms with Gasteiger partial charge in [-0.15, -0.1) is 0 Å². The Morgan fingerprint density at radius 3 is 1.83 bits per heavy atom. The highest BCUT2D eigenvalue weighted by Crippen LogP contribution is 3.02. The number of aromatic nitrogens is 1. The van der Waals surface area contributed by atoms with Crippen molar-refractivity contribution in [1.29, 1.82) is 0 Å². The fraction of sp³-hybridized carbons (Fsp3) is 0. The van der Waals surface area contributed by atoms with Gasteiger partial charge in [0.2, 0.25) is 0 Å². The van der Waals surface area contributed by atoms with Gasteiger partial charge < -0.3 is 0 Å². The van der Waals surface area contributed by atoms with Crippen LogP contribution >= 0.6 is 10.2 Å². The molecule has 18 heavy (non-hydrogen) atoms. The molecule has 0 amide bonds. The summed E-state index contributed by atoms with van der Waals surface area (Å²) in [6.07, 6.45) is 1.47. The van der Waals surface area contributed by atoms with E-state index in [4.69, 9.17) is 0 Å². The van der Waals surface area contributed by atoms with Crippen LogP contribution in [0.5, 0.6) is 0 Å². The predicted molar refractivity (Wildman–Crippen MR) is 61.1 cm³/mol. The second kappa shape index (κ2) is 3.23. The van der Waals surface area contributed by atoms with Crippen molar-refractivity contribution in [3.05, 3.63) is 48.7 Å². The normalized spacial score (nSPS) is 15.8. The Hall–Kier alpha value is -1.63. The molecule has 1 aromatic carbocycles. The summed E-state index contributed by atoms with van der Waals surface area (Å²) in [5.74, 6) is 0. The zero-order valence-electron chi connectivity index (χ0n) is 8.86. The maximum Gasteiger partial charge on any atom is 0.310 e. The number of rotatable bonds is 2. The van der Waals surface area contributed by atoms with Gasteiger partial charge in [-0.05, 0) is 24.3 Å². The Morgan fingerprint density at radius 2 is 1.39 bits per heavy atom. The average Bonchev–Trinajstić information content (AvgIpc) is 2.28. The molecule has 0 aliphatic heterocycles. The third-order valence-corrected chi connectivity index (χ3v) is 3.42. The number of nitrogens with zero attached hydrogens (tertiary/aromatic N) is 1. The molecule has 0 atom stereocenters. The number of hydrogen-bond donors (Lipinski definition) is 0. The van der Waals surface area contributed by atoms with Crippen LogP contribution in [0.3, 0.4) is 0 Å². The van der Waals surface area contributed by atoms with Crippen LogP contribution in [0.2, 0.25) is 0 Å². The van der Waals surface area contributed by atoms with E-state index in [0.717, 1.165) is 12.1 Å². The first-order valence-electron chi connectivity index (χ1n) is 4.82. The van der Waals surface area contributed by atoms with E-state index in [-0.39, 0.29) is 0 Å². The van der Waals surface area contributed by atoms with Crippen LogP contribution in [0, 0.1) is 0 Å². The topological polar surface area (TPSA) is 12.9 Å². The van der Waals surface area contributed by atoms with Crippen molar-refractivity contribution in [2.75, 3.05) is 0 Å². The Morgan fingerprint density at radius 1 is 0.778 bits per heavy atom. The molecule has 1 heterocycles. The quantitative estimate of drug-likeness (QED) is 0.671. The molecule has 0 aliphatic carbocycles. The molecule has 0 unspecified atom stereocenters. The molecular weight excluding hydrogens is 273 g/mol. The first-order valence-corrected chi connectivity index (χ1v) is 6.77. The number of pyridine rings is 1. The van der Waals surface area contributed by atoms with Gasteiger partial charge >= 0.3 is 10.2 Å². The summed E-state index contributed by atoms with van der Waals surface area (Å²) in [5.41, 5.74) is 0.771. The minimum Gasteiger partial charge on any atom is -0.256 e. The smallest absolute Gasteiger partial charge is 0.256 e. The lowest BCUT2D eigenvalue weighted by molar-refractivity contribution is 0.364. The summed E-state index contributed by atoms with van der Waals surface area (Å²) in [7, 11) is -9.58. The van der Waals surface area contributed by atoms with E-state index in [1.54, 1.807) is 18.2 Å². The molecule has 0 saturated carbocycles. The molecule has 0 bridgehead atoms. The summed E-state index contributed by atoms with van der Waals surface area (Å²) in [5, 5.41) is 0. The van der Waals surface area contributed by atoms with Gasteiger partial charge in [-0.1, -0.05) is 37.6 Å². The summed E-state index contributed by atoms with van der Waals surface area (Å²) >= 11 is 0. The Balaban J connectivity index is 2.45. The van der Waals surface area contributed by atoms with Crippen LogP contribution < -0.4 is 0 Å². The molecule has 1 aromatic heterocycles. The second-order valence-electron chi connectivity index (χ2n) is 3.71. The minimum absolute atomic E-state index is 0.348. The molecule has 2 rings (SSSR count). The van der Waals surface area contributed by atoms with Gasteiger partial charge in [-0.25, -0.2) is 0 Å². The molecule has 0 fully saturated rings. The Bertz CT molecular complexity index is 562. The van der Waals surface area contributed by atoms with E-state index in [1.165, 1.54) is 6.20 Å². The maximum absolute atomic E-state index is 12.5. The fourth-order valence-corrected chi connectivity index (χ4v) is 2.07. The lowest BCUT2D eigenvalue weighted by Gasteiger charge is -2.40. The fourth-order valence-electron chi connectivity index (χ4n) is 1.42. The zero-order valence-corrected chi connectivity index (χ0v) is 9.68. The van der Waals surface area contributed by atoms with Crippen LogP contribution in [0.25, 0.3) is 11.3 Å². The summed E-state index contributed by atoms with van der Waals surface area (Å²) in [6.45, 7) is 0. The second-order valence-corrected chi connectivity index (χ2v) is 6.12. The van der Waals surface area contributed by atoms with Gasteiger partial charge in [0.05, 0.1) is 5.69 Å². The van der Waals surface area contributed by atoms with Gasteiger partial charge in [0.15, 0.2) is 0 Å². The molecule has 2 aromatic rings. The van der Waals surface area contributed by atoms with Gasteiger partial charge in [0, 0.05) is 11.8 Å². The molecule has 0 spiro atoms. The van der Waals surface area contributed by atoms with Crippen LogP contribution in [0.4, 0.5) is 19.4 Å². The largest absolute Gasteiger partial charge is 0.310 e. The molecule has 0 saturated heterocycles. The molecule has 0 N–H and O–H groups in total. The summed E-state index contributed by atoms with van der Waals surface area (Å²) in [4.78, 5) is 2.02. The average molecular weight is 281 g/mol. The third kappa shape index (κ3) is 2.79. The zero-order chi connectivity index (χ0) is 13.5. The van der Waals surface area contributed by atoms with E-state index in [0.29, 0.717) is 23.4 Å². The standard InChI is InChI=1S/C11H8F5NS/c12-18(13,14,15,16)10-6-4-9(5-7-10)11-3-1-2-8-17-11/h1-8H. The molecule has 1 nitrogen and oxygen atoms in total. The lowest BCUT2D eigenvalue weighted by atomic mass is 10.1. The molecule has 0 aliphatic rings. The maximum atomic E-state index is 12.5. The van der Waals surface area contributed by atoms with E-state index in [9.17, 15) is 19.4 Å². The van der Waals surface area contributed by atoms with E-state index < -0.39 is 15.1 Å². The minimum atomic E-state index is -9.58. The number of halogens is 5. The van der Waals surface area contributed by atoms with E-state index in [2.05, 4.69) is 4.98 Å². The molecule has 7 heteroatoms. The van der Waals surface area contributed by atoms with Gasteiger partial charge in [-0.3, -0.25) is 4.98 Å².